The van der Waals surface area contributed by atoms with Crippen LogP contribution in [0.15, 0.2) is 60.7 Å². The molecule has 0 saturated heterocycles. The van der Waals surface area contributed by atoms with Gasteiger partial charge in [0.2, 0.25) is 0 Å². The number of fused-ring (bicyclic) bond motifs is 2. The third-order valence-corrected chi connectivity index (χ3v) is 5.36. The Labute approximate surface area is 166 Å². The molecule has 3 aromatic rings. The molecule has 0 unspecified atom stereocenters. The minimum Gasteiger partial charge on any atom is -0.483 e. The molecule has 1 aliphatic heterocycles. The van der Waals surface area contributed by atoms with E-state index in [9.17, 15) is 4.79 Å². The molecule has 4 heteroatoms. The summed E-state index contributed by atoms with van der Waals surface area (Å²) < 4.78 is 6.04. The normalized spacial score (nSPS) is 13.6. The maximum absolute atomic E-state index is 12.8. The highest BCUT2D eigenvalue weighted by molar-refractivity contribution is 5.88. The molecular weight excluding hydrogens is 348 g/mol. The van der Waals surface area contributed by atoms with E-state index in [1.165, 1.54) is 26.8 Å². The first-order valence-corrected chi connectivity index (χ1v) is 9.89. The van der Waals surface area contributed by atoms with Crippen LogP contribution in [0.4, 0.5) is 0 Å². The second-order valence-electron chi connectivity index (χ2n) is 7.77. The third kappa shape index (κ3) is 3.87. The molecule has 0 fully saturated rings. The van der Waals surface area contributed by atoms with Crippen LogP contribution in [0.25, 0.3) is 10.8 Å². The van der Waals surface area contributed by atoms with Gasteiger partial charge in [-0.05, 0) is 34.4 Å². The van der Waals surface area contributed by atoms with E-state index in [0.29, 0.717) is 6.54 Å². The van der Waals surface area contributed by atoms with Gasteiger partial charge in [-0.3, -0.25) is 4.79 Å². The number of carbonyl (C=O) groups excluding carboxylic acids is 1. The molecule has 4 rings (SSSR count). The zero-order valence-corrected chi connectivity index (χ0v) is 16.6. The molecular formula is C24H27N2O2+. The Balaban J connectivity index is 1.50. The van der Waals surface area contributed by atoms with Crippen LogP contribution in [0.2, 0.25) is 0 Å². The lowest BCUT2D eigenvalue weighted by Crippen LogP contribution is -3.04. The molecule has 0 aliphatic carbocycles. The molecule has 0 atom stereocenters. The Morgan fingerprint density at radius 3 is 2.57 bits per heavy atom. The maximum Gasteiger partial charge on any atom is 0.260 e. The first-order valence-electron chi connectivity index (χ1n) is 9.89. The predicted octanol–water partition coefficient (Wildman–Crippen LogP) is 2.45. The number of nitrogens with zero attached hydrogens (tertiary/aromatic N) is 1. The van der Waals surface area contributed by atoms with E-state index < -0.39 is 0 Å². The fourth-order valence-electron chi connectivity index (χ4n) is 3.93. The van der Waals surface area contributed by atoms with E-state index >= 15 is 0 Å². The van der Waals surface area contributed by atoms with Crippen molar-refractivity contribution < 1.29 is 14.4 Å². The Hall–Kier alpha value is -2.85. The van der Waals surface area contributed by atoms with Crippen molar-refractivity contribution in [2.75, 3.05) is 27.2 Å². The van der Waals surface area contributed by atoms with E-state index in [1.54, 1.807) is 0 Å². The van der Waals surface area contributed by atoms with Gasteiger partial charge in [-0.1, -0.05) is 54.6 Å². The van der Waals surface area contributed by atoms with E-state index in [4.69, 9.17) is 4.74 Å². The SMILES string of the molecule is C[NH+](C)Cc1c(OCC(=O)N2CCc3ccccc3C2)ccc2ccccc12. The summed E-state index contributed by atoms with van der Waals surface area (Å²) in [7, 11) is 4.25. The van der Waals surface area contributed by atoms with Crippen LogP contribution < -0.4 is 9.64 Å². The van der Waals surface area contributed by atoms with Crippen molar-refractivity contribution in [1.82, 2.24) is 4.90 Å². The second kappa shape index (κ2) is 8.03. The van der Waals surface area contributed by atoms with Crippen molar-refractivity contribution in [1.29, 1.82) is 0 Å². The number of ether oxygens (including phenoxy) is 1. The average molecular weight is 375 g/mol. The molecule has 0 bridgehead atoms. The summed E-state index contributed by atoms with van der Waals surface area (Å²) in [4.78, 5) is 16.0. The second-order valence-corrected chi connectivity index (χ2v) is 7.77. The van der Waals surface area contributed by atoms with Crippen LogP contribution in [-0.4, -0.2) is 38.1 Å². The van der Waals surface area contributed by atoms with Crippen LogP contribution in [0.1, 0.15) is 16.7 Å². The highest BCUT2D eigenvalue weighted by Crippen LogP contribution is 2.28. The molecule has 4 nitrogen and oxygen atoms in total. The van der Waals surface area contributed by atoms with Gasteiger partial charge in [-0.2, -0.15) is 0 Å². The molecule has 0 saturated carbocycles. The Kier molecular flexibility index (Phi) is 5.31. The quantitative estimate of drug-likeness (QED) is 0.743. The molecule has 1 aliphatic rings. The molecule has 0 spiro atoms. The summed E-state index contributed by atoms with van der Waals surface area (Å²) in [6, 6.07) is 20.8. The van der Waals surface area contributed by atoms with Gasteiger partial charge in [-0.15, -0.1) is 0 Å². The number of amides is 1. The summed E-state index contributed by atoms with van der Waals surface area (Å²) >= 11 is 0. The summed E-state index contributed by atoms with van der Waals surface area (Å²) in [6.45, 7) is 2.36. The van der Waals surface area contributed by atoms with Crippen molar-refractivity contribution in [2.45, 2.75) is 19.5 Å². The molecule has 3 aromatic carbocycles. The minimum atomic E-state index is 0.0470. The van der Waals surface area contributed by atoms with Crippen LogP contribution in [0, 0.1) is 0 Å². The van der Waals surface area contributed by atoms with Crippen LogP contribution in [0.3, 0.4) is 0 Å². The van der Waals surface area contributed by atoms with Crippen molar-refractivity contribution in [3.8, 4) is 5.75 Å². The largest absolute Gasteiger partial charge is 0.483 e. The minimum absolute atomic E-state index is 0.0470. The average Bonchev–Trinajstić information content (AvgIpc) is 2.72. The van der Waals surface area contributed by atoms with Crippen molar-refractivity contribution >= 4 is 16.7 Å². The van der Waals surface area contributed by atoms with Crippen molar-refractivity contribution in [2.24, 2.45) is 0 Å². The third-order valence-electron chi connectivity index (χ3n) is 5.36. The summed E-state index contributed by atoms with van der Waals surface area (Å²) in [5.74, 6) is 0.858. The van der Waals surface area contributed by atoms with Crippen LogP contribution >= 0.6 is 0 Å². The zero-order valence-electron chi connectivity index (χ0n) is 16.6. The molecule has 1 amide bonds. The Morgan fingerprint density at radius 2 is 1.75 bits per heavy atom. The number of hydrogen-bond donors (Lipinski definition) is 1. The van der Waals surface area contributed by atoms with Crippen LogP contribution in [0.5, 0.6) is 5.75 Å². The van der Waals surface area contributed by atoms with E-state index in [1.807, 2.05) is 23.1 Å². The molecule has 0 radical (unpaired) electrons. The van der Waals surface area contributed by atoms with E-state index in [0.717, 1.165) is 30.8 Å². The smallest absolute Gasteiger partial charge is 0.260 e. The van der Waals surface area contributed by atoms with Crippen LogP contribution in [-0.2, 0) is 24.3 Å². The lowest BCUT2D eigenvalue weighted by Gasteiger charge is -2.29. The number of quaternary nitrogens is 1. The molecule has 0 aromatic heterocycles. The fraction of sp³-hybridized carbons (Fsp3) is 0.292. The standard InChI is InChI=1S/C24H26N2O2/c1-25(2)16-22-21-10-6-5-8-19(21)11-12-23(22)28-17-24(27)26-14-13-18-7-3-4-9-20(18)15-26/h3-12H,13-17H2,1-2H3/p+1. The van der Waals surface area contributed by atoms with Gasteiger partial charge in [0.1, 0.15) is 12.3 Å². The number of nitrogens with one attached hydrogen (secondary N) is 1. The lowest BCUT2D eigenvalue weighted by atomic mass is 10.00. The highest BCUT2D eigenvalue weighted by atomic mass is 16.5. The maximum atomic E-state index is 12.8. The number of rotatable bonds is 5. The molecule has 28 heavy (non-hydrogen) atoms. The zero-order chi connectivity index (χ0) is 19.5. The van der Waals surface area contributed by atoms with Gasteiger partial charge in [0, 0.05) is 13.1 Å². The van der Waals surface area contributed by atoms with Gasteiger partial charge in [-0.25, -0.2) is 0 Å². The molecule has 144 valence electrons. The van der Waals surface area contributed by atoms with Gasteiger partial charge >= 0.3 is 0 Å². The van der Waals surface area contributed by atoms with Gasteiger partial charge < -0.3 is 14.5 Å². The highest BCUT2D eigenvalue weighted by Gasteiger charge is 2.21. The van der Waals surface area contributed by atoms with E-state index in [2.05, 4.69) is 56.6 Å². The Bertz CT molecular complexity index is 997. The predicted molar refractivity (Wildman–Crippen MR) is 112 cm³/mol. The van der Waals surface area contributed by atoms with Gasteiger partial charge in [0.05, 0.1) is 19.7 Å². The topological polar surface area (TPSA) is 34.0 Å². The summed E-state index contributed by atoms with van der Waals surface area (Å²) in [5, 5.41) is 2.39. The molecule has 1 N–H and O–H groups in total. The van der Waals surface area contributed by atoms with Crippen molar-refractivity contribution in [3.63, 3.8) is 0 Å². The van der Waals surface area contributed by atoms with Crippen molar-refractivity contribution in [3.05, 3.63) is 77.4 Å². The first-order chi connectivity index (χ1) is 13.6. The first kappa shape index (κ1) is 18.5. The summed E-state index contributed by atoms with van der Waals surface area (Å²) in [6.07, 6.45) is 0.910. The number of benzene rings is 3. The lowest BCUT2D eigenvalue weighted by molar-refractivity contribution is -0.872. The fourth-order valence-corrected chi connectivity index (χ4v) is 3.93. The van der Waals surface area contributed by atoms with Gasteiger partial charge in [0.25, 0.3) is 5.91 Å². The number of carbonyl (C=O) groups is 1. The summed E-state index contributed by atoms with van der Waals surface area (Å²) in [5.41, 5.74) is 3.75. The van der Waals surface area contributed by atoms with E-state index in [-0.39, 0.29) is 12.5 Å². The Morgan fingerprint density at radius 1 is 1.00 bits per heavy atom. The number of hydrogen-bond acceptors (Lipinski definition) is 2. The van der Waals surface area contributed by atoms with Gasteiger partial charge in [0.15, 0.2) is 6.61 Å². The molecule has 1 heterocycles. The monoisotopic (exact) mass is 375 g/mol.